The van der Waals surface area contributed by atoms with Crippen molar-refractivity contribution in [1.82, 2.24) is 15.2 Å². The fraction of sp³-hybridized carbons (Fsp3) is 0. The Hall–Kier alpha value is -2.80. The summed E-state index contributed by atoms with van der Waals surface area (Å²) in [5, 5.41) is 8.03. The van der Waals surface area contributed by atoms with Gasteiger partial charge < -0.3 is 5.73 Å². The number of benzene rings is 1. The molecular weight excluding hydrogens is 224 g/mol. The van der Waals surface area contributed by atoms with Gasteiger partial charge in [0.05, 0.1) is 5.52 Å². The van der Waals surface area contributed by atoms with Gasteiger partial charge in [-0.1, -0.05) is 6.07 Å². The van der Waals surface area contributed by atoms with Crippen LogP contribution in [0.4, 0.5) is 5.69 Å². The monoisotopic (exact) mass is 234 g/mol. The summed E-state index contributed by atoms with van der Waals surface area (Å²) < 4.78 is 0. The zero-order chi connectivity index (χ0) is 12.4. The second-order valence-electron chi connectivity index (χ2n) is 3.84. The van der Waals surface area contributed by atoms with Crippen molar-refractivity contribution < 1.29 is 0 Å². The van der Waals surface area contributed by atoms with Crippen molar-refractivity contribution in [3.05, 3.63) is 54.0 Å². The normalized spacial score (nSPS) is 10.0. The number of hydrogen-bond donors (Lipinski definition) is 2. The van der Waals surface area contributed by atoms with E-state index in [1.165, 1.54) is 0 Å². The van der Waals surface area contributed by atoms with Crippen LogP contribution in [0.15, 0.2) is 42.6 Å². The van der Waals surface area contributed by atoms with E-state index in [9.17, 15) is 0 Å². The lowest BCUT2D eigenvalue weighted by atomic mass is 10.2. The molecule has 3 N–H and O–H groups in total. The molecule has 0 atom stereocenters. The molecule has 0 amide bonds. The first-order valence-electron chi connectivity index (χ1n) is 5.49. The molecule has 0 aliphatic heterocycles. The third-order valence-corrected chi connectivity index (χ3v) is 2.56. The summed E-state index contributed by atoms with van der Waals surface area (Å²) >= 11 is 0. The van der Waals surface area contributed by atoms with Crippen LogP contribution in [0.5, 0.6) is 0 Å². The first kappa shape index (κ1) is 10.4. The second-order valence-corrected chi connectivity index (χ2v) is 3.84. The number of nitrogens with two attached hydrogens (primary N) is 1. The van der Waals surface area contributed by atoms with Gasteiger partial charge in [-0.3, -0.25) is 5.10 Å². The zero-order valence-corrected chi connectivity index (χ0v) is 9.51. The highest BCUT2D eigenvalue weighted by Gasteiger charge is 2.02. The Bertz CT molecular complexity index is 748. The van der Waals surface area contributed by atoms with E-state index in [2.05, 4.69) is 27.0 Å². The number of fused-ring (bicyclic) bond motifs is 1. The highest BCUT2D eigenvalue weighted by Crippen LogP contribution is 2.17. The molecule has 3 rings (SSSR count). The maximum absolute atomic E-state index is 5.70. The molecule has 4 nitrogen and oxygen atoms in total. The van der Waals surface area contributed by atoms with Crippen molar-refractivity contribution in [2.24, 2.45) is 0 Å². The van der Waals surface area contributed by atoms with Gasteiger partial charge >= 0.3 is 0 Å². The van der Waals surface area contributed by atoms with E-state index in [0.717, 1.165) is 22.3 Å². The van der Waals surface area contributed by atoms with Crippen molar-refractivity contribution in [1.29, 1.82) is 0 Å². The molecule has 1 aromatic carbocycles. The number of aromatic nitrogens is 3. The van der Waals surface area contributed by atoms with E-state index in [0.29, 0.717) is 5.69 Å². The van der Waals surface area contributed by atoms with E-state index in [1.807, 2.05) is 36.4 Å². The standard InChI is InChI=1S/C14H10N4/c15-10-4-6-12-13(17-18-14(12)9-10)7-5-11-3-1-2-8-16-11/h1-4,6,8-9H,15H2,(H,17,18). The number of pyridine rings is 1. The van der Waals surface area contributed by atoms with Crippen molar-refractivity contribution in [2.45, 2.75) is 0 Å². The number of aromatic amines is 1. The molecule has 4 heteroatoms. The molecular formula is C14H10N4. The average Bonchev–Trinajstić information content (AvgIpc) is 2.80. The summed E-state index contributed by atoms with van der Waals surface area (Å²) in [5.41, 5.74) is 8.72. The van der Waals surface area contributed by atoms with Gasteiger partial charge in [0.25, 0.3) is 0 Å². The lowest BCUT2D eigenvalue weighted by Gasteiger charge is -1.91. The predicted molar refractivity (Wildman–Crippen MR) is 70.7 cm³/mol. The highest BCUT2D eigenvalue weighted by molar-refractivity contribution is 5.86. The molecule has 0 bridgehead atoms. The maximum Gasteiger partial charge on any atom is 0.116 e. The smallest absolute Gasteiger partial charge is 0.116 e. The van der Waals surface area contributed by atoms with E-state index >= 15 is 0 Å². The first-order valence-corrected chi connectivity index (χ1v) is 5.49. The Morgan fingerprint density at radius 1 is 1.11 bits per heavy atom. The van der Waals surface area contributed by atoms with Crippen LogP contribution in [0.1, 0.15) is 11.4 Å². The van der Waals surface area contributed by atoms with Gasteiger partial charge in [-0.2, -0.15) is 5.10 Å². The van der Waals surface area contributed by atoms with Gasteiger partial charge in [0, 0.05) is 17.3 Å². The number of nitrogen functional groups attached to an aromatic ring is 1. The summed E-state index contributed by atoms with van der Waals surface area (Å²) in [7, 11) is 0. The van der Waals surface area contributed by atoms with Crippen molar-refractivity contribution in [3.8, 4) is 11.8 Å². The summed E-state index contributed by atoms with van der Waals surface area (Å²) in [4.78, 5) is 4.14. The van der Waals surface area contributed by atoms with Crippen LogP contribution in [0.2, 0.25) is 0 Å². The van der Waals surface area contributed by atoms with Crippen LogP contribution in [0, 0.1) is 11.8 Å². The average molecular weight is 234 g/mol. The Morgan fingerprint density at radius 3 is 2.89 bits per heavy atom. The van der Waals surface area contributed by atoms with Crippen molar-refractivity contribution in [2.75, 3.05) is 5.73 Å². The van der Waals surface area contributed by atoms with E-state index in [4.69, 9.17) is 5.73 Å². The van der Waals surface area contributed by atoms with Gasteiger partial charge in [0.1, 0.15) is 11.4 Å². The van der Waals surface area contributed by atoms with Gasteiger partial charge in [-0.05, 0) is 42.2 Å². The lowest BCUT2D eigenvalue weighted by Crippen LogP contribution is -1.83. The Balaban J connectivity index is 2.04. The van der Waals surface area contributed by atoms with Crippen molar-refractivity contribution in [3.63, 3.8) is 0 Å². The van der Waals surface area contributed by atoms with Gasteiger partial charge in [0.15, 0.2) is 0 Å². The number of rotatable bonds is 0. The number of nitrogens with one attached hydrogen (secondary N) is 1. The third kappa shape index (κ3) is 1.89. The summed E-state index contributed by atoms with van der Waals surface area (Å²) in [5.74, 6) is 6.02. The molecule has 18 heavy (non-hydrogen) atoms. The Kier molecular flexibility index (Phi) is 2.43. The molecule has 0 spiro atoms. The Labute approximate surface area is 104 Å². The summed E-state index contributed by atoms with van der Waals surface area (Å²) in [6, 6.07) is 11.2. The summed E-state index contributed by atoms with van der Waals surface area (Å²) in [6.45, 7) is 0. The molecule has 3 aromatic rings. The lowest BCUT2D eigenvalue weighted by molar-refractivity contribution is 1.10. The van der Waals surface area contributed by atoms with Crippen LogP contribution in [0.3, 0.4) is 0 Å². The second kappa shape index (κ2) is 4.22. The Morgan fingerprint density at radius 2 is 2.06 bits per heavy atom. The quantitative estimate of drug-likeness (QED) is 0.461. The van der Waals surface area contributed by atoms with Crippen LogP contribution in [-0.2, 0) is 0 Å². The molecule has 0 unspecified atom stereocenters. The third-order valence-electron chi connectivity index (χ3n) is 2.56. The van der Waals surface area contributed by atoms with Crippen molar-refractivity contribution >= 4 is 16.6 Å². The minimum absolute atomic E-state index is 0.693. The van der Waals surface area contributed by atoms with Crippen LogP contribution >= 0.6 is 0 Å². The minimum Gasteiger partial charge on any atom is -0.399 e. The zero-order valence-electron chi connectivity index (χ0n) is 9.51. The predicted octanol–water partition coefficient (Wildman–Crippen LogP) is 1.94. The molecule has 0 aliphatic rings. The van der Waals surface area contributed by atoms with Gasteiger partial charge in [-0.25, -0.2) is 4.98 Å². The fourth-order valence-electron chi connectivity index (χ4n) is 1.69. The molecule has 0 saturated heterocycles. The largest absolute Gasteiger partial charge is 0.399 e. The fourth-order valence-corrected chi connectivity index (χ4v) is 1.69. The number of anilines is 1. The number of H-pyrrole nitrogens is 1. The highest BCUT2D eigenvalue weighted by atomic mass is 15.1. The van der Waals surface area contributed by atoms with Crippen LogP contribution in [-0.4, -0.2) is 15.2 Å². The van der Waals surface area contributed by atoms with Gasteiger partial charge in [-0.15, -0.1) is 0 Å². The molecule has 0 aliphatic carbocycles. The molecule has 86 valence electrons. The SMILES string of the molecule is Nc1ccc2c(C#Cc3ccccn3)[nH]nc2c1. The molecule has 2 aromatic heterocycles. The number of hydrogen-bond acceptors (Lipinski definition) is 3. The van der Waals surface area contributed by atoms with E-state index in [1.54, 1.807) is 6.20 Å². The van der Waals surface area contributed by atoms with E-state index < -0.39 is 0 Å². The molecule has 0 saturated carbocycles. The molecule has 0 radical (unpaired) electrons. The molecule has 0 fully saturated rings. The maximum atomic E-state index is 5.70. The van der Waals surface area contributed by atoms with Gasteiger partial charge in [0.2, 0.25) is 0 Å². The molecule has 2 heterocycles. The van der Waals surface area contributed by atoms with Crippen LogP contribution < -0.4 is 5.73 Å². The topological polar surface area (TPSA) is 67.6 Å². The summed E-state index contributed by atoms with van der Waals surface area (Å²) in [6.07, 6.45) is 1.72. The van der Waals surface area contributed by atoms with E-state index in [-0.39, 0.29) is 0 Å². The van der Waals surface area contributed by atoms with Crippen LogP contribution in [0.25, 0.3) is 10.9 Å². The first-order chi connectivity index (χ1) is 8.83. The number of nitrogens with zero attached hydrogens (tertiary/aromatic N) is 2. The minimum atomic E-state index is 0.693.